The van der Waals surface area contributed by atoms with Crippen molar-refractivity contribution in [2.24, 2.45) is 5.73 Å². The number of nitrogens with two attached hydrogens (primary N) is 1. The van der Waals surface area contributed by atoms with Crippen molar-refractivity contribution >= 4 is 10.9 Å². The lowest BCUT2D eigenvalue weighted by Gasteiger charge is -2.08. The summed E-state index contributed by atoms with van der Waals surface area (Å²) in [4.78, 5) is 0. The van der Waals surface area contributed by atoms with Crippen LogP contribution < -0.4 is 10.5 Å². The van der Waals surface area contributed by atoms with Crippen molar-refractivity contribution in [3.8, 4) is 5.75 Å². The molecule has 0 amide bonds. The summed E-state index contributed by atoms with van der Waals surface area (Å²) in [5, 5.41) is 5.59. The minimum atomic E-state index is 0.538. The SMILES string of the molecule is NCc1cccc(OCCCn2ncc3ccccc32)c1. The van der Waals surface area contributed by atoms with E-state index in [1.54, 1.807) is 0 Å². The summed E-state index contributed by atoms with van der Waals surface area (Å²) in [5.74, 6) is 0.878. The fourth-order valence-electron chi connectivity index (χ4n) is 2.37. The summed E-state index contributed by atoms with van der Waals surface area (Å²) in [5.41, 5.74) is 7.88. The van der Waals surface area contributed by atoms with Crippen LogP contribution >= 0.6 is 0 Å². The van der Waals surface area contributed by atoms with Gasteiger partial charge >= 0.3 is 0 Å². The van der Waals surface area contributed by atoms with Gasteiger partial charge in [0.2, 0.25) is 0 Å². The van der Waals surface area contributed by atoms with Crippen molar-refractivity contribution in [3.63, 3.8) is 0 Å². The third-order valence-electron chi connectivity index (χ3n) is 3.47. The van der Waals surface area contributed by atoms with E-state index in [1.807, 2.05) is 47.3 Å². The van der Waals surface area contributed by atoms with Crippen LogP contribution in [0.1, 0.15) is 12.0 Å². The van der Waals surface area contributed by atoms with Crippen LogP contribution in [0.15, 0.2) is 54.7 Å². The highest BCUT2D eigenvalue weighted by molar-refractivity contribution is 5.78. The fraction of sp³-hybridized carbons (Fsp3) is 0.235. The van der Waals surface area contributed by atoms with E-state index in [9.17, 15) is 0 Å². The first-order valence-corrected chi connectivity index (χ1v) is 7.19. The maximum Gasteiger partial charge on any atom is 0.119 e. The summed E-state index contributed by atoms with van der Waals surface area (Å²) in [6, 6.07) is 16.2. The number of benzene rings is 2. The lowest BCUT2D eigenvalue weighted by atomic mass is 10.2. The Bertz CT molecular complexity index is 721. The van der Waals surface area contributed by atoms with E-state index in [4.69, 9.17) is 10.5 Å². The van der Waals surface area contributed by atoms with Crippen molar-refractivity contribution in [1.82, 2.24) is 9.78 Å². The van der Waals surface area contributed by atoms with E-state index < -0.39 is 0 Å². The first-order valence-electron chi connectivity index (χ1n) is 7.19. The molecule has 0 fully saturated rings. The average Bonchev–Trinajstić information content (AvgIpc) is 2.95. The molecular formula is C17H19N3O. The average molecular weight is 281 g/mol. The van der Waals surface area contributed by atoms with Gasteiger partial charge in [-0.1, -0.05) is 30.3 Å². The van der Waals surface area contributed by atoms with Gasteiger partial charge in [0, 0.05) is 24.9 Å². The van der Waals surface area contributed by atoms with Gasteiger partial charge < -0.3 is 10.5 Å². The van der Waals surface area contributed by atoms with Crippen molar-refractivity contribution in [1.29, 1.82) is 0 Å². The molecule has 21 heavy (non-hydrogen) atoms. The van der Waals surface area contributed by atoms with E-state index in [0.717, 1.165) is 24.3 Å². The molecule has 0 aliphatic rings. The van der Waals surface area contributed by atoms with Gasteiger partial charge in [-0.15, -0.1) is 0 Å². The van der Waals surface area contributed by atoms with Crippen LogP contribution in [0.3, 0.4) is 0 Å². The Kier molecular flexibility index (Phi) is 4.17. The van der Waals surface area contributed by atoms with Crippen LogP contribution in [0.25, 0.3) is 10.9 Å². The molecule has 1 aromatic heterocycles. The zero-order chi connectivity index (χ0) is 14.5. The zero-order valence-corrected chi connectivity index (χ0v) is 11.9. The van der Waals surface area contributed by atoms with Crippen LogP contribution in [0.5, 0.6) is 5.75 Å². The Morgan fingerprint density at radius 1 is 1.10 bits per heavy atom. The molecule has 0 atom stereocenters. The Morgan fingerprint density at radius 3 is 2.90 bits per heavy atom. The molecule has 4 heteroatoms. The van der Waals surface area contributed by atoms with Gasteiger partial charge in [-0.05, 0) is 23.8 Å². The molecule has 3 rings (SSSR count). The molecule has 0 aliphatic heterocycles. The molecule has 4 nitrogen and oxygen atoms in total. The molecule has 0 spiro atoms. The molecule has 0 bridgehead atoms. The number of fused-ring (bicyclic) bond motifs is 1. The Morgan fingerprint density at radius 2 is 2.00 bits per heavy atom. The van der Waals surface area contributed by atoms with Crippen molar-refractivity contribution in [2.75, 3.05) is 6.61 Å². The Labute approximate surface area is 124 Å². The molecule has 1 heterocycles. The predicted molar refractivity (Wildman–Crippen MR) is 84.2 cm³/mol. The smallest absolute Gasteiger partial charge is 0.119 e. The minimum Gasteiger partial charge on any atom is -0.494 e. The fourth-order valence-corrected chi connectivity index (χ4v) is 2.37. The highest BCUT2D eigenvalue weighted by atomic mass is 16.5. The standard InChI is InChI=1S/C17H19N3O/c18-12-14-5-3-7-16(11-14)21-10-4-9-20-17-8-2-1-6-15(17)13-19-20/h1-3,5-8,11,13H,4,9-10,12,18H2. The highest BCUT2D eigenvalue weighted by Gasteiger charge is 2.01. The second-order valence-electron chi connectivity index (χ2n) is 4.98. The molecule has 0 saturated carbocycles. The monoisotopic (exact) mass is 281 g/mol. The van der Waals surface area contributed by atoms with Gasteiger partial charge in [0.05, 0.1) is 18.3 Å². The number of hydrogen-bond donors (Lipinski definition) is 1. The first kappa shape index (κ1) is 13.6. The molecule has 2 aromatic carbocycles. The van der Waals surface area contributed by atoms with Crippen molar-refractivity contribution < 1.29 is 4.74 Å². The van der Waals surface area contributed by atoms with Crippen LogP contribution in [0.2, 0.25) is 0 Å². The number of ether oxygens (including phenoxy) is 1. The normalized spacial score (nSPS) is 10.9. The quantitative estimate of drug-likeness (QED) is 0.707. The summed E-state index contributed by atoms with van der Waals surface area (Å²) >= 11 is 0. The second kappa shape index (κ2) is 6.41. The predicted octanol–water partition coefficient (Wildman–Crippen LogP) is 2.96. The van der Waals surface area contributed by atoms with Crippen molar-refractivity contribution in [2.45, 2.75) is 19.5 Å². The summed E-state index contributed by atoms with van der Waals surface area (Å²) in [7, 11) is 0. The van der Waals surface area contributed by atoms with Crippen molar-refractivity contribution in [3.05, 3.63) is 60.3 Å². The van der Waals surface area contributed by atoms with E-state index in [1.165, 1.54) is 10.9 Å². The molecule has 0 unspecified atom stereocenters. The van der Waals surface area contributed by atoms with Crippen LogP contribution in [0, 0.1) is 0 Å². The topological polar surface area (TPSA) is 53.1 Å². The molecule has 0 aliphatic carbocycles. The second-order valence-corrected chi connectivity index (χ2v) is 4.98. The van der Waals surface area contributed by atoms with E-state index in [-0.39, 0.29) is 0 Å². The molecular weight excluding hydrogens is 262 g/mol. The third-order valence-corrected chi connectivity index (χ3v) is 3.47. The highest BCUT2D eigenvalue weighted by Crippen LogP contribution is 2.15. The molecule has 3 aromatic rings. The number of hydrogen-bond acceptors (Lipinski definition) is 3. The third kappa shape index (κ3) is 3.23. The van der Waals surface area contributed by atoms with Gasteiger partial charge in [-0.3, -0.25) is 4.68 Å². The number of para-hydroxylation sites is 1. The molecule has 0 saturated heterocycles. The first-order chi connectivity index (χ1) is 10.4. The Hall–Kier alpha value is -2.33. The summed E-state index contributed by atoms with van der Waals surface area (Å²) in [6.07, 6.45) is 2.82. The van der Waals surface area contributed by atoms with E-state index >= 15 is 0 Å². The lowest BCUT2D eigenvalue weighted by Crippen LogP contribution is -2.06. The molecule has 2 N–H and O–H groups in total. The Balaban J connectivity index is 1.54. The maximum absolute atomic E-state index is 5.76. The maximum atomic E-state index is 5.76. The number of rotatable bonds is 6. The minimum absolute atomic E-state index is 0.538. The van der Waals surface area contributed by atoms with Crippen LogP contribution in [0.4, 0.5) is 0 Å². The summed E-state index contributed by atoms with van der Waals surface area (Å²) < 4.78 is 7.78. The number of nitrogens with zero attached hydrogens (tertiary/aromatic N) is 2. The van der Waals surface area contributed by atoms with Gasteiger partial charge in [-0.25, -0.2) is 0 Å². The summed E-state index contributed by atoms with van der Waals surface area (Å²) in [6.45, 7) is 2.06. The number of aryl methyl sites for hydroxylation is 1. The van der Waals surface area contributed by atoms with E-state index in [0.29, 0.717) is 13.2 Å². The van der Waals surface area contributed by atoms with Gasteiger partial charge in [0.1, 0.15) is 5.75 Å². The largest absolute Gasteiger partial charge is 0.494 e. The van der Waals surface area contributed by atoms with Gasteiger partial charge in [-0.2, -0.15) is 5.10 Å². The lowest BCUT2D eigenvalue weighted by molar-refractivity contribution is 0.299. The van der Waals surface area contributed by atoms with Gasteiger partial charge in [0.15, 0.2) is 0 Å². The number of aromatic nitrogens is 2. The van der Waals surface area contributed by atoms with Crippen LogP contribution in [-0.4, -0.2) is 16.4 Å². The zero-order valence-electron chi connectivity index (χ0n) is 11.9. The molecule has 0 radical (unpaired) electrons. The van der Waals surface area contributed by atoms with Crippen LogP contribution in [-0.2, 0) is 13.1 Å². The van der Waals surface area contributed by atoms with Gasteiger partial charge in [0.25, 0.3) is 0 Å². The van der Waals surface area contributed by atoms with E-state index in [2.05, 4.69) is 17.2 Å². The molecule has 108 valence electrons.